The predicted molar refractivity (Wildman–Crippen MR) is 57.2 cm³/mol. The third-order valence-electron chi connectivity index (χ3n) is 3.22. The summed E-state index contributed by atoms with van der Waals surface area (Å²) in [6, 6.07) is 3.57. The number of carbonyl (C=O) groups excluding carboxylic acids is 1. The van der Waals surface area contributed by atoms with Gasteiger partial charge in [0.25, 0.3) is 0 Å². The van der Waals surface area contributed by atoms with Crippen molar-refractivity contribution in [3.05, 3.63) is 24.5 Å². The Balaban J connectivity index is 2.05. The number of hydrogen-bond donors (Lipinski definition) is 2. The van der Waals surface area contributed by atoms with Crippen molar-refractivity contribution < 1.29 is 14.7 Å². The monoisotopic (exact) mass is 222 g/mol. The quantitative estimate of drug-likeness (QED) is 0.798. The van der Waals surface area contributed by atoms with Gasteiger partial charge >= 0.3 is 5.97 Å². The third kappa shape index (κ3) is 1.58. The van der Waals surface area contributed by atoms with Crippen LogP contribution in [0.2, 0.25) is 0 Å². The molecule has 0 saturated heterocycles. The second kappa shape index (κ2) is 3.37. The molecular weight excluding hydrogens is 208 g/mol. The second-order valence-electron chi connectivity index (χ2n) is 4.68. The van der Waals surface area contributed by atoms with Crippen LogP contribution in [0.5, 0.6) is 0 Å². The van der Waals surface area contributed by atoms with Crippen molar-refractivity contribution in [1.82, 2.24) is 4.68 Å². The van der Waals surface area contributed by atoms with Gasteiger partial charge in [-0.15, -0.1) is 0 Å². The molecular formula is C11H14N2O3. The lowest BCUT2D eigenvalue weighted by molar-refractivity contribution is -0.140. The molecule has 1 heterocycles. The van der Waals surface area contributed by atoms with E-state index in [4.69, 9.17) is 5.11 Å². The maximum absolute atomic E-state index is 11.8. The number of carbonyl (C=O) groups is 2. The molecule has 86 valence electrons. The highest BCUT2D eigenvalue weighted by Gasteiger charge is 2.66. The molecule has 5 nitrogen and oxygen atoms in total. The van der Waals surface area contributed by atoms with Crippen LogP contribution in [0.1, 0.15) is 13.8 Å². The topological polar surface area (TPSA) is 71.3 Å². The lowest BCUT2D eigenvalue weighted by Gasteiger charge is -2.06. The number of aliphatic carboxylic acids is 1. The smallest absolute Gasteiger partial charge is 0.307 e. The molecule has 1 amide bonds. The molecule has 1 aliphatic carbocycles. The molecule has 0 bridgehead atoms. The highest BCUT2D eigenvalue weighted by atomic mass is 16.4. The van der Waals surface area contributed by atoms with Crippen LogP contribution in [0.4, 0.5) is 0 Å². The van der Waals surface area contributed by atoms with Gasteiger partial charge in [0.1, 0.15) is 0 Å². The highest BCUT2D eigenvalue weighted by Crippen LogP contribution is 2.58. The maximum atomic E-state index is 11.8. The minimum Gasteiger partial charge on any atom is -0.481 e. The van der Waals surface area contributed by atoms with Crippen LogP contribution in [-0.2, 0) is 9.59 Å². The first-order chi connectivity index (χ1) is 7.44. The molecule has 1 aromatic rings. The summed E-state index contributed by atoms with van der Waals surface area (Å²) in [5.74, 6) is -2.18. The summed E-state index contributed by atoms with van der Waals surface area (Å²) in [7, 11) is 0. The van der Waals surface area contributed by atoms with Crippen LogP contribution >= 0.6 is 0 Å². The van der Waals surface area contributed by atoms with Crippen molar-refractivity contribution in [1.29, 1.82) is 0 Å². The summed E-state index contributed by atoms with van der Waals surface area (Å²) < 4.78 is 1.52. The molecule has 0 aromatic carbocycles. The largest absolute Gasteiger partial charge is 0.481 e. The van der Waals surface area contributed by atoms with Gasteiger partial charge in [-0.05, 0) is 17.5 Å². The molecule has 2 atom stereocenters. The fourth-order valence-corrected chi connectivity index (χ4v) is 2.19. The molecule has 16 heavy (non-hydrogen) atoms. The average molecular weight is 222 g/mol. The van der Waals surface area contributed by atoms with E-state index in [9.17, 15) is 9.59 Å². The molecule has 1 saturated carbocycles. The number of amides is 1. The van der Waals surface area contributed by atoms with Crippen LogP contribution in [0.15, 0.2) is 24.5 Å². The minimum absolute atomic E-state index is 0.242. The molecule has 0 aliphatic heterocycles. The SMILES string of the molecule is CC1(C)C(C(=O)O)C1C(=O)Nn1cccc1. The van der Waals surface area contributed by atoms with E-state index in [-0.39, 0.29) is 5.91 Å². The van der Waals surface area contributed by atoms with Gasteiger partial charge < -0.3 is 5.11 Å². The fraction of sp³-hybridized carbons (Fsp3) is 0.455. The van der Waals surface area contributed by atoms with Crippen molar-refractivity contribution in [2.45, 2.75) is 13.8 Å². The first kappa shape index (κ1) is 10.7. The van der Waals surface area contributed by atoms with Gasteiger partial charge in [0, 0.05) is 12.4 Å². The number of carboxylic acid groups (broad SMARTS) is 1. The number of hydrogen-bond acceptors (Lipinski definition) is 2. The predicted octanol–water partition coefficient (Wildman–Crippen LogP) is 0.915. The van der Waals surface area contributed by atoms with E-state index in [0.717, 1.165) is 0 Å². The van der Waals surface area contributed by atoms with Crippen LogP contribution < -0.4 is 5.43 Å². The molecule has 2 unspecified atom stereocenters. The van der Waals surface area contributed by atoms with Crippen molar-refractivity contribution in [3.63, 3.8) is 0 Å². The Bertz CT molecular complexity index is 422. The van der Waals surface area contributed by atoms with Crippen molar-refractivity contribution >= 4 is 11.9 Å². The van der Waals surface area contributed by atoms with Crippen LogP contribution in [0, 0.1) is 17.3 Å². The molecule has 1 aromatic heterocycles. The van der Waals surface area contributed by atoms with E-state index in [1.165, 1.54) is 4.68 Å². The Kier molecular flexibility index (Phi) is 2.26. The number of nitrogens with zero attached hydrogens (tertiary/aromatic N) is 1. The molecule has 1 aliphatic rings. The third-order valence-corrected chi connectivity index (χ3v) is 3.22. The van der Waals surface area contributed by atoms with E-state index >= 15 is 0 Å². The van der Waals surface area contributed by atoms with Crippen molar-refractivity contribution in [3.8, 4) is 0 Å². The average Bonchev–Trinajstić information content (AvgIpc) is 2.58. The van der Waals surface area contributed by atoms with E-state index in [2.05, 4.69) is 5.43 Å². The van der Waals surface area contributed by atoms with Gasteiger partial charge in [0.15, 0.2) is 0 Å². The molecule has 1 fully saturated rings. The molecule has 5 heteroatoms. The summed E-state index contributed by atoms with van der Waals surface area (Å²) in [6.07, 6.45) is 3.39. The Morgan fingerprint density at radius 1 is 1.25 bits per heavy atom. The standard InChI is InChI=1S/C11H14N2O3/c1-11(2)7(8(11)10(15)16)9(14)12-13-5-3-4-6-13/h3-8H,1-2H3,(H,12,14)(H,15,16). The zero-order valence-electron chi connectivity index (χ0n) is 9.18. The first-order valence-electron chi connectivity index (χ1n) is 5.11. The lowest BCUT2D eigenvalue weighted by atomic mass is 10.1. The Morgan fingerprint density at radius 3 is 2.25 bits per heavy atom. The maximum Gasteiger partial charge on any atom is 0.307 e. The number of carboxylic acids is 1. The van der Waals surface area contributed by atoms with E-state index in [1.54, 1.807) is 38.4 Å². The lowest BCUT2D eigenvalue weighted by Crippen LogP contribution is -2.25. The van der Waals surface area contributed by atoms with Gasteiger partial charge in [0.05, 0.1) is 11.8 Å². The highest BCUT2D eigenvalue weighted by molar-refractivity contribution is 5.95. The summed E-state index contributed by atoms with van der Waals surface area (Å²) in [4.78, 5) is 22.7. The Morgan fingerprint density at radius 2 is 1.81 bits per heavy atom. The van der Waals surface area contributed by atoms with E-state index in [1.807, 2.05) is 0 Å². The van der Waals surface area contributed by atoms with E-state index < -0.39 is 23.2 Å². The zero-order chi connectivity index (χ0) is 11.9. The van der Waals surface area contributed by atoms with Gasteiger partial charge in [-0.3, -0.25) is 19.7 Å². The number of nitrogens with one attached hydrogen (secondary N) is 1. The molecule has 0 radical (unpaired) electrons. The van der Waals surface area contributed by atoms with Crippen LogP contribution in [-0.4, -0.2) is 21.7 Å². The molecule has 0 spiro atoms. The van der Waals surface area contributed by atoms with E-state index in [0.29, 0.717) is 0 Å². The van der Waals surface area contributed by atoms with Gasteiger partial charge in [0.2, 0.25) is 5.91 Å². The Labute approximate surface area is 93.0 Å². The van der Waals surface area contributed by atoms with Gasteiger partial charge in [-0.2, -0.15) is 0 Å². The molecule has 2 N–H and O–H groups in total. The number of aromatic nitrogens is 1. The summed E-state index contributed by atoms with van der Waals surface area (Å²) in [6.45, 7) is 3.59. The summed E-state index contributed by atoms with van der Waals surface area (Å²) >= 11 is 0. The normalized spacial score (nSPS) is 26.1. The Hall–Kier alpha value is -1.78. The minimum atomic E-state index is -0.905. The summed E-state index contributed by atoms with van der Waals surface area (Å²) in [5, 5.41) is 8.95. The molecule has 2 rings (SSSR count). The first-order valence-corrected chi connectivity index (χ1v) is 5.11. The van der Waals surface area contributed by atoms with Crippen LogP contribution in [0.3, 0.4) is 0 Å². The van der Waals surface area contributed by atoms with Crippen molar-refractivity contribution in [2.75, 3.05) is 5.43 Å². The number of rotatable bonds is 3. The van der Waals surface area contributed by atoms with Gasteiger partial charge in [-0.25, -0.2) is 0 Å². The zero-order valence-corrected chi connectivity index (χ0v) is 9.18. The van der Waals surface area contributed by atoms with Gasteiger partial charge in [-0.1, -0.05) is 13.8 Å². The van der Waals surface area contributed by atoms with Crippen molar-refractivity contribution in [2.24, 2.45) is 17.3 Å². The fourth-order valence-electron chi connectivity index (χ4n) is 2.19. The second-order valence-corrected chi connectivity index (χ2v) is 4.68. The summed E-state index contributed by atoms with van der Waals surface area (Å²) in [5.41, 5.74) is 2.18. The van der Waals surface area contributed by atoms with Crippen LogP contribution in [0.25, 0.3) is 0 Å².